The number of piperidine rings is 1. The van der Waals surface area contributed by atoms with E-state index in [1.54, 1.807) is 11.8 Å². The second kappa shape index (κ2) is 5.42. The van der Waals surface area contributed by atoms with Gasteiger partial charge in [-0.25, -0.2) is 0 Å². The summed E-state index contributed by atoms with van der Waals surface area (Å²) in [6.45, 7) is 1.94. The van der Waals surface area contributed by atoms with Crippen LogP contribution in [0.1, 0.15) is 36.8 Å². The third-order valence-corrected chi connectivity index (χ3v) is 6.37. The zero-order valence-corrected chi connectivity index (χ0v) is 14.2. The van der Waals surface area contributed by atoms with Crippen LogP contribution in [0.2, 0.25) is 0 Å². The first-order valence-electron chi connectivity index (χ1n) is 8.26. The standard InChI is InChI=1S/C19H20N2OS/c1-23-14-3-2-13-10-17(22)16(12-20)18(15(13)11-14)21-8-6-19(4-5-19)7-9-21/h2-3,11H,4-10H2,1H3. The Morgan fingerprint density at radius 1 is 1.22 bits per heavy atom. The van der Waals surface area contributed by atoms with E-state index in [0.717, 1.165) is 29.9 Å². The fraction of sp³-hybridized carbons (Fsp3) is 0.474. The molecule has 1 aromatic rings. The lowest BCUT2D eigenvalue weighted by atomic mass is 9.86. The topological polar surface area (TPSA) is 44.1 Å². The molecule has 3 nitrogen and oxygen atoms in total. The molecule has 4 heteroatoms. The normalized spacial score (nSPS) is 22.1. The first kappa shape index (κ1) is 14.8. The molecule has 2 fully saturated rings. The van der Waals surface area contributed by atoms with E-state index in [0.29, 0.717) is 17.4 Å². The van der Waals surface area contributed by atoms with Crippen LogP contribution in [0.3, 0.4) is 0 Å². The molecule has 4 rings (SSSR count). The summed E-state index contributed by atoms with van der Waals surface area (Å²) in [5, 5.41) is 9.57. The molecular formula is C19H20N2OS. The number of fused-ring (bicyclic) bond motifs is 1. The van der Waals surface area contributed by atoms with Crippen molar-refractivity contribution in [1.82, 2.24) is 4.90 Å². The lowest BCUT2D eigenvalue weighted by Crippen LogP contribution is -2.36. The predicted octanol–water partition coefficient (Wildman–Crippen LogP) is 3.64. The number of hydrogen-bond donors (Lipinski definition) is 0. The highest BCUT2D eigenvalue weighted by atomic mass is 32.2. The Morgan fingerprint density at radius 3 is 2.57 bits per heavy atom. The largest absolute Gasteiger partial charge is 0.370 e. The molecule has 1 saturated carbocycles. The Morgan fingerprint density at radius 2 is 1.96 bits per heavy atom. The van der Waals surface area contributed by atoms with E-state index in [2.05, 4.69) is 35.4 Å². The van der Waals surface area contributed by atoms with Gasteiger partial charge in [-0.15, -0.1) is 11.8 Å². The summed E-state index contributed by atoms with van der Waals surface area (Å²) < 4.78 is 0. The van der Waals surface area contributed by atoms with E-state index in [1.807, 2.05) is 0 Å². The summed E-state index contributed by atoms with van der Waals surface area (Å²) in [6.07, 6.45) is 7.52. The van der Waals surface area contributed by atoms with Gasteiger partial charge in [-0.2, -0.15) is 5.26 Å². The van der Waals surface area contributed by atoms with Crippen LogP contribution in [-0.4, -0.2) is 30.0 Å². The lowest BCUT2D eigenvalue weighted by molar-refractivity contribution is -0.114. The molecular weight excluding hydrogens is 304 g/mol. The number of likely N-dealkylation sites (tertiary alicyclic amines) is 1. The molecule has 2 aliphatic carbocycles. The second-order valence-electron chi connectivity index (χ2n) is 6.95. The van der Waals surface area contributed by atoms with Crippen LogP contribution < -0.4 is 0 Å². The van der Waals surface area contributed by atoms with Crippen molar-refractivity contribution < 1.29 is 4.79 Å². The maximum Gasteiger partial charge on any atom is 0.179 e. The first-order valence-corrected chi connectivity index (χ1v) is 9.48. The van der Waals surface area contributed by atoms with Crippen molar-refractivity contribution in [2.45, 2.75) is 37.0 Å². The Balaban J connectivity index is 1.77. The van der Waals surface area contributed by atoms with E-state index in [9.17, 15) is 10.1 Å². The van der Waals surface area contributed by atoms with Crippen LogP contribution in [-0.2, 0) is 11.2 Å². The highest BCUT2D eigenvalue weighted by Crippen LogP contribution is 2.54. The molecule has 3 aliphatic rings. The molecule has 0 aromatic heterocycles. The van der Waals surface area contributed by atoms with Gasteiger partial charge < -0.3 is 4.90 Å². The van der Waals surface area contributed by atoms with Gasteiger partial charge in [0.2, 0.25) is 0 Å². The molecule has 0 N–H and O–H groups in total. The Labute approximate surface area is 141 Å². The van der Waals surface area contributed by atoms with Crippen molar-refractivity contribution in [3.05, 3.63) is 34.9 Å². The minimum atomic E-state index is -0.0291. The zero-order valence-electron chi connectivity index (χ0n) is 13.4. The SMILES string of the molecule is CSc1ccc2c(c1)C(N1CCC3(CC1)CC3)=C(C#N)C(=O)C2. The molecule has 0 bridgehead atoms. The fourth-order valence-electron chi connectivity index (χ4n) is 3.91. The van der Waals surface area contributed by atoms with Gasteiger partial charge in [0.25, 0.3) is 0 Å². The zero-order chi connectivity index (χ0) is 16.0. The van der Waals surface area contributed by atoms with E-state index in [1.165, 1.54) is 30.6 Å². The highest BCUT2D eigenvalue weighted by molar-refractivity contribution is 7.98. The van der Waals surface area contributed by atoms with Crippen molar-refractivity contribution >= 4 is 23.2 Å². The monoisotopic (exact) mass is 324 g/mol. The average Bonchev–Trinajstić information content (AvgIpc) is 3.33. The summed E-state index contributed by atoms with van der Waals surface area (Å²) in [5.74, 6) is -0.0291. The number of Topliss-reactive ketones (excluding diaryl/α,β-unsaturated/α-hetero) is 1. The molecule has 1 heterocycles. The van der Waals surface area contributed by atoms with Crippen LogP contribution in [0.25, 0.3) is 5.70 Å². The molecule has 1 aromatic carbocycles. The summed E-state index contributed by atoms with van der Waals surface area (Å²) >= 11 is 1.70. The van der Waals surface area contributed by atoms with Crippen LogP contribution in [0, 0.1) is 16.7 Å². The number of ketones is 1. The number of rotatable bonds is 2. The minimum Gasteiger partial charge on any atom is -0.370 e. The molecule has 1 aliphatic heterocycles. The fourth-order valence-corrected chi connectivity index (χ4v) is 4.35. The molecule has 1 spiro atoms. The number of carbonyl (C=O) groups is 1. The lowest BCUT2D eigenvalue weighted by Gasteiger charge is -2.37. The number of nitrogens with zero attached hydrogens (tertiary/aromatic N) is 2. The number of benzene rings is 1. The molecule has 118 valence electrons. The van der Waals surface area contributed by atoms with Gasteiger partial charge in [0.05, 0.1) is 5.70 Å². The van der Waals surface area contributed by atoms with E-state index in [4.69, 9.17) is 0 Å². The molecule has 0 amide bonds. The molecule has 0 unspecified atom stereocenters. The van der Waals surface area contributed by atoms with Gasteiger partial charge in [-0.1, -0.05) is 6.07 Å². The third-order valence-electron chi connectivity index (χ3n) is 5.65. The van der Waals surface area contributed by atoms with Gasteiger partial charge in [-0.3, -0.25) is 4.79 Å². The summed E-state index contributed by atoms with van der Waals surface area (Å²) in [5.41, 5.74) is 4.01. The van der Waals surface area contributed by atoms with Crippen LogP contribution in [0.4, 0.5) is 0 Å². The number of nitriles is 1. The van der Waals surface area contributed by atoms with E-state index in [-0.39, 0.29) is 5.78 Å². The third kappa shape index (κ3) is 2.48. The molecule has 0 atom stereocenters. The first-order chi connectivity index (χ1) is 11.2. The van der Waals surface area contributed by atoms with Crippen molar-refractivity contribution in [1.29, 1.82) is 5.26 Å². The Hall–Kier alpha value is -1.73. The second-order valence-corrected chi connectivity index (χ2v) is 7.83. The van der Waals surface area contributed by atoms with Crippen molar-refractivity contribution in [2.24, 2.45) is 5.41 Å². The van der Waals surface area contributed by atoms with Gasteiger partial charge in [0.1, 0.15) is 11.6 Å². The van der Waals surface area contributed by atoms with Crippen molar-refractivity contribution in [2.75, 3.05) is 19.3 Å². The van der Waals surface area contributed by atoms with Crippen LogP contribution >= 0.6 is 11.8 Å². The maximum atomic E-state index is 12.4. The van der Waals surface area contributed by atoms with Crippen molar-refractivity contribution in [3.8, 4) is 6.07 Å². The Bertz CT molecular complexity index is 745. The average molecular weight is 324 g/mol. The highest BCUT2D eigenvalue weighted by Gasteiger charge is 2.45. The van der Waals surface area contributed by atoms with Crippen LogP contribution in [0.15, 0.2) is 28.7 Å². The number of hydrogen-bond acceptors (Lipinski definition) is 4. The quantitative estimate of drug-likeness (QED) is 0.779. The maximum absolute atomic E-state index is 12.4. The molecule has 23 heavy (non-hydrogen) atoms. The Kier molecular flexibility index (Phi) is 3.50. The summed E-state index contributed by atoms with van der Waals surface area (Å²) in [4.78, 5) is 15.9. The molecule has 1 saturated heterocycles. The molecule has 0 radical (unpaired) electrons. The summed E-state index contributed by atoms with van der Waals surface area (Å²) in [6, 6.07) is 8.48. The minimum absolute atomic E-state index is 0.0291. The predicted molar refractivity (Wildman–Crippen MR) is 91.9 cm³/mol. The van der Waals surface area contributed by atoms with Gasteiger partial charge in [0.15, 0.2) is 5.78 Å². The number of thioether (sulfide) groups is 1. The van der Waals surface area contributed by atoms with Crippen molar-refractivity contribution in [3.63, 3.8) is 0 Å². The number of carbonyl (C=O) groups excluding carboxylic acids is 1. The van der Waals surface area contributed by atoms with Gasteiger partial charge in [-0.05, 0) is 55.1 Å². The smallest absolute Gasteiger partial charge is 0.179 e. The van der Waals surface area contributed by atoms with E-state index < -0.39 is 0 Å². The van der Waals surface area contributed by atoms with Gasteiger partial charge >= 0.3 is 0 Å². The van der Waals surface area contributed by atoms with Gasteiger partial charge in [0, 0.05) is 30.0 Å². The summed E-state index contributed by atoms with van der Waals surface area (Å²) in [7, 11) is 0. The number of allylic oxidation sites excluding steroid dienone is 1. The van der Waals surface area contributed by atoms with Crippen LogP contribution in [0.5, 0.6) is 0 Å². The van der Waals surface area contributed by atoms with E-state index >= 15 is 0 Å².